The van der Waals surface area contributed by atoms with Crippen molar-refractivity contribution in [3.63, 3.8) is 0 Å². The zero-order valence-electron chi connectivity index (χ0n) is 19.0. The van der Waals surface area contributed by atoms with Gasteiger partial charge in [-0.1, -0.05) is 26.0 Å². The SMILES string of the molecule is CCNC(=NCc1ccc(N2CCC(CO)CC2)cc1)NC1CCC(C)(C)CC1.I. The fourth-order valence-corrected chi connectivity index (χ4v) is 4.41. The number of halogens is 1. The Labute approximate surface area is 200 Å². The number of anilines is 1. The van der Waals surface area contributed by atoms with Crippen molar-refractivity contribution in [3.05, 3.63) is 29.8 Å². The molecule has 2 aliphatic rings. The van der Waals surface area contributed by atoms with Gasteiger partial charge >= 0.3 is 0 Å². The van der Waals surface area contributed by atoms with Crippen LogP contribution in [0.4, 0.5) is 5.69 Å². The summed E-state index contributed by atoms with van der Waals surface area (Å²) < 4.78 is 0. The van der Waals surface area contributed by atoms with Crippen molar-refractivity contribution in [1.82, 2.24) is 10.6 Å². The highest BCUT2D eigenvalue weighted by molar-refractivity contribution is 14.0. The minimum Gasteiger partial charge on any atom is -0.396 e. The molecule has 1 aromatic carbocycles. The van der Waals surface area contributed by atoms with E-state index in [0.717, 1.165) is 38.4 Å². The average Bonchev–Trinajstić information content (AvgIpc) is 2.74. The van der Waals surface area contributed by atoms with Crippen LogP contribution in [0.2, 0.25) is 0 Å². The van der Waals surface area contributed by atoms with Gasteiger partial charge in [0.1, 0.15) is 0 Å². The van der Waals surface area contributed by atoms with E-state index in [0.29, 0.717) is 30.5 Å². The van der Waals surface area contributed by atoms with E-state index in [1.54, 1.807) is 0 Å². The maximum absolute atomic E-state index is 9.31. The summed E-state index contributed by atoms with van der Waals surface area (Å²) in [4.78, 5) is 7.26. The standard InChI is InChI=1S/C24H40N4O.HI/c1-4-25-23(27-21-9-13-24(2,3)14-10-21)26-17-19-5-7-22(8-6-19)28-15-11-20(18-29)12-16-28;/h5-8,20-21,29H,4,9-18H2,1-3H3,(H2,25,26,27);1H. The summed E-state index contributed by atoms with van der Waals surface area (Å²) in [6.07, 6.45) is 7.16. The number of hydrogen-bond donors (Lipinski definition) is 3. The van der Waals surface area contributed by atoms with Gasteiger partial charge in [-0.2, -0.15) is 0 Å². The smallest absolute Gasteiger partial charge is 0.191 e. The Kier molecular flexibility index (Phi) is 10.2. The third-order valence-corrected chi connectivity index (χ3v) is 6.62. The van der Waals surface area contributed by atoms with E-state index >= 15 is 0 Å². The quantitative estimate of drug-likeness (QED) is 0.289. The molecule has 1 aliphatic heterocycles. The highest BCUT2D eigenvalue weighted by atomic mass is 127. The zero-order valence-corrected chi connectivity index (χ0v) is 21.3. The number of benzene rings is 1. The molecule has 1 saturated heterocycles. The van der Waals surface area contributed by atoms with Gasteiger partial charge in [-0.15, -0.1) is 24.0 Å². The number of aliphatic hydroxyl groups is 1. The van der Waals surface area contributed by atoms with Crippen molar-refractivity contribution in [3.8, 4) is 0 Å². The summed E-state index contributed by atoms with van der Waals surface area (Å²) in [5.41, 5.74) is 3.01. The molecule has 0 amide bonds. The second kappa shape index (κ2) is 12.1. The molecule has 6 heteroatoms. The fourth-order valence-electron chi connectivity index (χ4n) is 4.41. The Bertz CT molecular complexity index is 644. The third-order valence-electron chi connectivity index (χ3n) is 6.62. The highest BCUT2D eigenvalue weighted by Crippen LogP contribution is 2.35. The lowest BCUT2D eigenvalue weighted by Gasteiger charge is -2.35. The van der Waals surface area contributed by atoms with E-state index in [1.165, 1.54) is 36.9 Å². The Morgan fingerprint density at radius 1 is 1.10 bits per heavy atom. The summed E-state index contributed by atoms with van der Waals surface area (Å²) in [7, 11) is 0. The van der Waals surface area contributed by atoms with Gasteiger partial charge in [0.15, 0.2) is 5.96 Å². The summed E-state index contributed by atoms with van der Waals surface area (Å²) >= 11 is 0. The van der Waals surface area contributed by atoms with Gasteiger partial charge in [0.2, 0.25) is 0 Å². The predicted molar refractivity (Wildman–Crippen MR) is 138 cm³/mol. The van der Waals surface area contributed by atoms with Crippen molar-refractivity contribution in [1.29, 1.82) is 0 Å². The molecule has 1 aromatic rings. The van der Waals surface area contributed by atoms with E-state index in [2.05, 4.69) is 60.6 Å². The number of nitrogens with zero attached hydrogens (tertiary/aromatic N) is 2. The first-order valence-corrected chi connectivity index (χ1v) is 11.5. The minimum atomic E-state index is 0. The molecule has 0 unspecified atom stereocenters. The zero-order chi connectivity index (χ0) is 20.7. The maximum Gasteiger partial charge on any atom is 0.191 e. The van der Waals surface area contributed by atoms with E-state index < -0.39 is 0 Å². The lowest BCUT2D eigenvalue weighted by atomic mass is 9.75. The van der Waals surface area contributed by atoms with Crippen molar-refractivity contribution in [2.24, 2.45) is 16.3 Å². The fraction of sp³-hybridized carbons (Fsp3) is 0.708. The largest absolute Gasteiger partial charge is 0.396 e. The number of hydrogen-bond acceptors (Lipinski definition) is 3. The van der Waals surface area contributed by atoms with Crippen molar-refractivity contribution < 1.29 is 5.11 Å². The third kappa shape index (κ3) is 7.59. The first-order chi connectivity index (χ1) is 14.0. The molecular weight excluding hydrogens is 487 g/mol. The highest BCUT2D eigenvalue weighted by Gasteiger charge is 2.27. The van der Waals surface area contributed by atoms with Crippen LogP contribution >= 0.6 is 24.0 Å². The van der Waals surface area contributed by atoms with Crippen LogP contribution in [0.5, 0.6) is 0 Å². The second-order valence-corrected chi connectivity index (χ2v) is 9.56. The van der Waals surface area contributed by atoms with Crippen LogP contribution < -0.4 is 15.5 Å². The Hall–Kier alpha value is -1.02. The van der Waals surface area contributed by atoms with Crippen LogP contribution in [-0.2, 0) is 6.54 Å². The Balaban J connectivity index is 0.00000320. The molecule has 3 rings (SSSR count). The van der Waals surface area contributed by atoms with Crippen LogP contribution in [-0.4, -0.2) is 43.3 Å². The van der Waals surface area contributed by atoms with E-state index in [-0.39, 0.29) is 24.0 Å². The summed E-state index contributed by atoms with van der Waals surface area (Å²) in [5.74, 6) is 1.42. The van der Waals surface area contributed by atoms with Crippen molar-refractivity contribution in [2.45, 2.75) is 71.9 Å². The second-order valence-electron chi connectivity index (χ2n) is 9.56. The first-order valence-electron chi connectivity index (χ1n) is 11.5. The number of nitrogens with one attached hydrogen (secondary N) is 2. The Morgan fingerprint density at radius 3 is 2.30 bits per heavy atom. The topological polar surface area (TPSA) is 59.9 Å². The summed E-state index contributed by atoms with van der Waals surface area (Å²) in [6.45, 7) is 10.8. The van der Waals surface area contributed by atoms with Gasteiger partial charge in [-0.25, -0.2) is 4.99 Å². The monoisotopic (exact) mass is 528 g/mol. The van der Waals surface area contributed by atoms with E-state index in [9.17, 15) is 5.11 Å². The van der Waals surface area contributed by atoms with Crippen LogP contribution in [0.1, 0.15) is 64.9 Å². The molecule has 0 aromatic heterocycles. The molecule has 5 nitrogen and oxygen atoms in total. The van der Waals surface area contributed by atoms with Gasteiger partial charge in [0, 0.05) is 38.0 Å². The minimum absolute atomic E-state index is 0. The lowest BCUT2D eigenvalue weighted by Crippen LogP contribution is -2.45. The number of aliphatic imine (C=N–C) groups is 1. The summed E-state index contributed by atoms with van der Waals surface area (Å²) in [6, 6.07) is 9.36. The number of aliphatic hydroxyl groups excluding tert-OH is 1. The van der Waals surface area contributed by atoms with Gasteiger partial charge in [-0.05, 0) is 74.5 Å². The number of guanidine groups is 1. The Morgan fingerprint density at radius 2 is 1.73 bits per heavy atom. The molecule has 0 bridgehead atoms. The molecule has 2 fully saturated rings. The molecule has 170 valence electrons. The van der Waals surface area contributed by atoms with Gasteiger partial charge < -0.3 is 20.6 Å². The van der Waals surface area contributed by atoms with Crippen molar-refractivity contribution in [2.75, 3.05) is 31.1 Å². The number of rotatable bonds is 6. The van der Waals surface area contributed by atoms with Crippen LogP contribution in [0.15, 0.2) is 29.3 Å². The number of piperidine rings is 1. The first kappa shape index (κ1) is 25.2. The van der Waals surface area contributed by atoms with Crippen LogP contribution in [0, 0.1) is 11.3 Å². The van der Waals surface area contributed by atoms with Gasteiger partial charge in [0.25, 0.3) is 0 Å². The predicted octanol–water partition coefficient (Wildman–Crippen LogP) is 4.54. The van der Waals surface area contributed by atoms with Crippen molar-refractivity contribution >= 4 is 35.6 Å². The van der Waals surface area contributed by atoms with Crippen LogP contribution in [0.3, 0.4) is 0 Å². The van der Waals surface area contributed by atoms with E-state index in [4.69, 9.17) is 4.99 Å². The van der Waals surface area contributed by atoms with E-state index in [1.807, 2.05) is 0 Å². The molecule has 0 atom stereocenters. The normalized spacial score (nSPS) is 20.5. The molecule has 3 N–H and O–H groups in total. The van der Waals surface area contributed by atoms with Gasteiger partial charge in [-0.3, -0.25) is 0 Å². The molecule has 30 heavy (non-hydrogen) atoms. The van der Waals surface area contributed by atoms with Crippen LogP contribution in [0.25, 0.3) is 0 Å². The maximum atomic E-state index is 9.31. The molecule has 0 spiro atoms. The molecular formula is C24H41IN4O. The lowest BCUT2D eigenvalue weighted by molar-refractivity contribution is 0.203. The van der Waals surface area contributed by atoms with Gasteiger partial charge in [0.05, 0.1) is 6.54 Å². The molecule has 0 radical (unpaired) electrons. The average molecular weight is 529 g/mol. The molecule has 1 heterocycles. The molecule has 1 aliphatic carbocycles. The molecule has 1 saturated carbocycles. The summed E-state index contributed by atoms with van der Waals surface area (Å²) in [5, 5.41) is 16.4.